The summed E-state index contributed by atoms with van der Waals surface area (Å²) >= 11 is 3.08. The predicted octanol–water partition coefficient (Wildman–Crippen LogP) is 3.26. The van der Waals surface area contributed by atoms with Gasteiger partial charge in [-0.15, -0.1) is 11.3 Å². The highest BCUT2D eigenvalue weighted by Gasteiger charge is 2.23. The van der Waals surface area contributed by atoms with E-state index in [9.17, 15) is 4.79 Å². The Bertz CT molecular complexity index is 757. The van der Waals surface area contributed by atoms with Gasteiger partial charge in [-0.2, -0.15) is 0 Å². The van der Waals surface area contributed by atoms with Crippen LogP contribution in [0.1, 0.15) is 37.6 Å². The molecule has 1 unspecified atom stereocenters. The highest BCUT2D eigenvalue weighted by Crippen LogP contribution is 2.39. The van der Waals surface area contributed by atoms with Crippen molar-refractivity contribution in [3.05, 3.63) is 10.4 Å². The molecule has 1 aliphatic carbocycles. The van der Waals surface area contributed by atoms with Gasteiger partial charge in [0.05, 0.1) is 11.1 Å². The third-order valence-corrected chi connectivity index (χ3v) is 6.20. The summed E-state index contributed by atoms with van der Waals surface area (Å²) in [4.78, 5) is 23.3. The van der Waals surface area contributed by atoms with Gasteiger partial charge in [-0.3, -0.25) is 4.79 Å². The maximum Gasteiger partial charge on any atom is 0.230 e. The molecule has 1 atom stereocenters. The minimum Gasteiger partial charge on any atom is -0.383 e. The molecule has 0 saturated heterocycles. The molecule has 0 fully saturated rings. The fourth-order valence-corrected chi connectivity index (χ4v) is 5.04. The van der Waals surface area contributed by atoms with Gasteiger partial charge in [0.25, 0.3) is 0 Å². The van der Waals surface area contributed by atoms with Gasteiger partial charge in [-0.05, 0) is 36.7 Å². The highest BCUT2D eigenvalue weighted by atomic mass is 32.2. The number of hydrogen-bond acceptors (Lipinski definition) is 6. The summed E-state index contributed by atoms with van der Waals surface area (Å²) in [5.41, 5.74) is 7.55. The largest absolute Gasteiger partial charge is 0.383 e. The number of hydrogen-bond donors (Lipinski definition) is 2. The van der Waals surface area contributed by atoms with Crippen molar-refractivity contribution in [3.63, 3.8) is 0 Å². The average molecular weight is 365 g/mol. The van der Waals surface area contributed by atoms with Crippen molar-refractivity contribution >= 4 is 45.0 Å². The fourth-order valence-electron chi connectivity index (χ4n) is 2.91. The van der Waals surface area contributed by atoms with E-state index >= 15 is 0 Å². The van der Waals surface area contributed by atoms with E-state index in [-0.39, 0.29) is 5.91 Å². The monoisotopic (exact) mass is 364 g/mol. The third-order valence-electron chi connectivity index (χ3n) is 4.20. The number of fused-ring (bicyclic) bond motifs is 3. The number of nitrogens with one attached hydrogen (secondary N) is 1. The van der Waals surface area contributed by atoms with Gasteiger partial charge in [0, 0.05) is 11.4 Å². The van der Waals surface area contributed by atoms with E-state index in [4.69, 9.17) is 5.73 Å². The van der Waals surface area contributed by atoms with E-state index in [2.05, 4.69) is 36.1 Å². The van der Waals surface area contributed by atoms with Gasteiger partial charge < -0.3 is 11.1 Å². The van der Waals surface area contributed by atoms with Gasteiger partial charge in [-0.25, -0.2) is 9.97 Å². The lowest BCUT2D eigenvalue weighted by atomic mass is 9.89. The molecule has 0 aliphatic heterocycles. The van der Waals surface area contributed by atoms with Crippen LogP contribution in [0.25, 0.3) is 10.2 Å². The Labute approximate surface area is 150 Å². The molecule has 0 bridgehead atoms. The number of nitrogens with zero attached hydrogens (tertiary/aromatic N) is 2. The second kappa shape index (κ2) is 7.27. The Morgan fingerprint density at radius 2 is 2.25 bits per heavy atom. The van der Waals surface area contributed by atoms with Gasteiger partial charge >= 0.3 is 0 Å². The third kappa shape index (κ3) is 3.83. The van der Waals surface area contributed by atoms with Crippen LogP contribution >= 0.6 is 23.1 Å². The summed E-state index contributed by atoms with van der Waals surface area (Å²) in [7, 11) is 0. The Morgan fingerprint density at radius 1 is 1.46 bits per heavy atom. The Hall–Kier alpha value is -1.34. The Balaban J connectivity index is 1.75. The summed E-state index contributed by atoms with van der Waals surface area (Å²) in [5.74, 6) is 2.05. The topological polar surface area (TPSA) is 80.9 Å². The number of anilines is 1. The molecule has 0 aromatic carbocycles. The molecule has 0 radical (unpaired) electrons. The SMILES string of the molecule is CC(C)CNC(=O)CSc1nc(N)c2c3c(sc2n1)CC(C)CC3. The molecular weight excluding hydrogens is 340 g/mol. The van der Waals surface area contributed by atoms with Crippen LogP contribution in [0.15, 0.2) is 5.16 Å². The molecule has 24 heavy (non-hydrogen) atoms. The lowest BCUT2D eigenvalue weighted by Gasteiger charge is -2.17. The lowest BCUT2D eigenvalue weighted by Crippen LogP contribution is -2.28. The van der Waals surface area contributed by atoms with Crippen molar-refractivity contribution in [2.45, 2.75) is 45.2 Å². The zero-order chi connectivity index (χ0) is 17.3. The summed E-state index contributed by atoms with van der Waals surface area (Å²) in [5, 5.41) is 4.53. The van der Waals surface area contributed by atoms with Crippen molar-refractivity contribution in [2.75, 3.05) is 18.0 Å². The van der Waals surface area contributed by atoms with Gasteiger partial charge in [0.2, 0.25) is 5.91 Å². The van der Waals surface area contributed by atoms with Gasteiger partial charge in [0.15, 0.2) is 5.16 Å². The summed E-state index contributed by atoms with van der Waals surface area (Å²) in [6.07, 6.45) is 3.37. The summed E-state index contributed by atoms with van der Waals surface area (Å²) < 4.78 is 0. The molecule has 3 N–H and O–H groups in total. The number of carbonyl (C=O) groups excluding carboxylic acids is 1. The van der Waals surface area contributed by atoms with E-state index in [1.165, 1.54) is 28.6 Å². The standard InChI is InChI=1S/C17H24N4OS2/c1-9(2)7-19-13(22)8-23-17-20-15(18)14-11-5-4-10(3)6-12(11)24-16(14)21-17/h9-10H,4-8H2,1-3H3,(H,19,22)(H2,18,20,21). The Morgan fingerprint density at radius 3 is 3.00 bits per heavy atom. The van der Waals surface area contributed by atoms with Crippen LogP contribution in [0.3, 0.4) is 0 Å². The number of aryl methyl sites for hydroxylation is 1. The molecule has 0 saturated carbocycles. The number of aromatic nitrogens is 2. The number of nitrogen functional groups attached to an aromatic ring is 1. The van der Waals surface area contributed by atoms with Crippen molar-refractivity contribution in [1.82, 2.24) is 15.3 Å². The van der Waals surface area contributed by atoms with Crippen molar-refractivity contribution in [3.8, 4) is 0 Å². The van der Waals surface area contributed by atoms with Crippen LogP contribution in [0.4, 0.5) is 5.82 Å². The molecule has 5 nitrogen and oxygen atoms in total. The number of thioether (sulfide) groups is 1. The van der Waals surface area contributed by atoms with Crippen LogP contribution in [-0.4, -0.2) is 28.2 Å². The first-order chi connectivity index (χ1) is 11.4. The molecule has 2 aromatic heterocycles. The Kier molecular flexibility index (Phi) is 5.30. The first-order valence-corrected chi connectivity index (χ1v) is 10.2. The maximum absolute atomic E-state index is 11.8. The van der Waals surface area contributed by atoms with Gasteiger partial charge in [-0.1, -0.05) is 32.5 Å². The first kappa shape index (κ1) is 17.5. The molecular formula is C17H24N4OS2. The molecule has 1 aliphatic rings. The van der Waals surface area contributed by atoms with E-state index in [0.717, 1.165) is 29.0 Å². The van der Waals surface area contributed by atoms with Crippen molar-refractivity contribution in [1.29, 1.82) is 0 Å². The molecule has 2 heterocycles. The highest BCUT2D eigenvalue weighted by molar-refractivity contribution is 7.99. The van der Waals surface area contributed by atoms with E-state index in [1.807, 2.05) is 0 Å². The van der Waals surface area contributed by atoms with Crippen LogP contribution in [0.5, 0.6) is 0 Å². The number of carbonyl (C=O) groups is 1. The number of thiophene rings is 1. The van der Waals surface area contributed by atoms with Crippen molar-refractivity contribution in [2.24, 2.45) is 11.8 Å². The normalized spacial score (nSPS) is 17.2. The van der Waals surface area contributed by atoms with E-state index < -0.39 is 0 Å². The number of amides is 1. The second-order valence-electron chi connectivity index (χ2n) is 6.91. The maximum atomic E-state index is 11.8. The predicted molar refractivity (Wildman–Crippen MR) is 102 cm³/mol. The molecule has 0 spiro atoms. The average Bonchev–Trinajstić information content (AvgIpc) is 2.88. The zero-order valence-corrected chi connectivity index (χ0v) is 16.0. The van der Waals surface area contributed by atoms with Crippen LogP contribution in [-0.2, 0) is 17.6 Å². The summed E-state index contributed by atoms with van der Waals surface area (Å²) in [6.45, 7) is 7.13. The molecule has 130 valence electrons. The number of nitrogens with two attached hydrogens (primary N) is 1. The van der Waals surface area contributed by atoms with Crippen molar-refractivity contribution < 1.29 is 4.79 Å². The minimum absolute atomic E-state index is 0.00951. The van der Waals surface area contributed by atoms with Crippen LogP contribution in [0, 0.1) is 11.8 Å². The van der Waals surface area contributed by atoms with E-state index in [0.29, 0.717) is 29.2 Å². The number of rotatable bonds is 5. The fraction of sp³-hybridized carbons (Fsp3) is 0.588. The molecule has 2 aromatic rings. The van der Waals surface area contributed by atoms with Crippen LogP contribution < -0.4 is 11.1 Å². The quantitative estimate of drug-likeness (QED) is 0.629. The second-order valence-corrected chi connectivity index (χ2v) is 8.94. The zero-order valence-electron chi connectivity index (χ0n) is 14.4. The minimum atomic E-state index is 0.00951. The van der Waals surface area contributed by atoms with Gasteiger partial charge in [0.1, 0.15) is 10.6 Å². The smallest absolute Gasteiger partial charge is 0.230 e. The lowest BCUT2D eigenvalue weighted by molar-refractivity contribution is -0.118. The molecule has 7 heteroatoms. The summed E-state index contributed by atoms with van der Waals surface area (Å²) in [6, 6.07) is 0. The first-order valence-electron chi connectivity index (χ1n) is 8.41. The molecule has 1 amide bonds. The van der Waals surface area contributed by atoms with Crippen LogP contribution in [0.2, 0.25) is 0 Å². The molecule has 3 rings (SSSR count). The van der Waals surface area contributed by atoms with E-state index in [1.54, 1.807) is 11.3 Å².